The SMILES string of the molecule is COc1cc(C)cc(C)c1C(=O)N1CCN(C(=O)Cc2cc[nH]c2)CC1. The summed E-state index contributed by atoms with van der Waals surface area (Å²) in [5.74, 6) is 0.677. The zero-order chi connectivity index (χ0) is 18.7. The molecule has 1 fully saturated rings. The standard InChI is InChI=1S/C20H25N3O3/c1-14-10-15(2)19(17(11-14)26-3)20(25)23-8-6-22(7-9-23)18(24)12-16-4-5-21-13-16/h4-5,10-11,13,21H,6-9,12H2,1-3H3. The highest BCUT2D eigenvalue weighted by molar-refractivity contribution is 5.98. The lowest BCUT2D eigenvalue weighted by Gasteiger charge is -2.35. The largest absolute Gasteiger partial charge is 0.496 e. The van der Waals surface area contributed by atoms with E-state index in [4.69, 9.17) is 4.74 Å². The molecule has 1 aromatic heterocycles. The Labute approximate surface area is 153 Å². The molecule has 0 atom stereocenters. The Morgan fingerprint density at radius 1 is 1.12 bits per heavy atom. The van der Waals surface area contributed by atoms with E-state index in [1.165, 1.54) is 0 Å². The van der Waals surface area contributed by atoms with Gasteiger partial charge in [0.15, 0.2) is 0 Å². The van der Waals surface area contributed by atoms with Gasteiger partial charge in [-0.1, -0.05) is 6.07 Å². The van der Waals surface area contributed by atoms with Crippen molar-refractivity contribution in [1.29, 1.82) is 0 Å². The predicted molar refractivity (Wildman–Crippen MR) is 99.4 cm³/mol. The molecule has 0 radical (unpaired) electrons. The van der Waals surface area contributed by atoms with Crippen LogP contribution in [0.3, 0.4) is 0 Å². The highest BCUT2D eigenvalue weighted by atomic mass is 16.5. The smallest absolute Gasteiger partial charge is 0.258 e. The maximum atomic E-state index is 13.0. The molecule has 1 saturated heterocycles. The fourth-order valence-electron chi connectivity index (χ4n) is 3.44. The van der Waals surface area contributed by atoms with Crippen LogP contribution in [-0.2, 0) is 11.2 Å². The molecule has 1 aliphatic heterocycles. The molecule has 6 heteroatoms. The van der Waals surface area contributed by atoms with Crippen LogP contribution in [0.15, 0.2) is 30.6 Å². The van der Waals surface area contributed by atoms with Crippen LogP contribution in [0, 0.1) is 13.8 Å². The van der Waals surface area contributed by atoms with Gasteiger partial charge in [-0.3, -0.25) is 9.59 Å². The number of ether oxygens (including phenoxy) is 1. The van der Waals surface area contributed by atoms with Gasteiger partial charge in [0.25, 0.3) is 5.91 Å². The molecular formula is C20H25N3O3. The molecule has 1 N–H and O–H groups in total. The van der Waals surface area contributed by atoms with E-state index in [2.05, 4.69) is 4.98 Å². The van der Waals surface area contributed by atoms with Gasteiger partial charge in [0.05, 0.1) is 19.1 Å². The van der Waals surface area contributed by atoms with Crippen LogP contribution >= 0.6 is 0 Å². The topological polar surface area (TPSA) is 65.6 Å². The molecule has 3 rings (SSSR count). The second-order valence-corrected chi connectivity index (χ2v) is 6.73. The van der Waals surface area contributed by atoms with Crippen LogP contribution in [-0.4, -0.2) is 59.9 Å². The predicted octanol–water partition coefficient (Wildman–Crippen LogP) is 2.17. The summed E-state index contributed by atoms with van der Waals surface area (Å²) in [6, 6.07) is 5.79. The minimum absolute atomic E-state index is 0.0305. The molecular weight excluding hydrogens is 330 g/mol. The van der Waals surface area contributed by atoms with Crippen molar-refractivity contribution in [2.75, 3.05) is 33.3 Å². The number of carbonyl (C=O) groups is 2. The van der Waals surface area contributed by atoms with Crippen molar-refractivity contribution in [1.82, 2.24) is 14.8 Å². The van der Waals surface area contributed by atoms with Crippen molar-refractivity contribution in [3.05, 3.63) is 52.8 Å². The van der Waals surface area contributed by atoms with Crippen LogP contribution in [0.1, 0.15) is 27.0 Å². The maximum absolute atomic E-state index is 13.0. The number of H-pyrrole nitrogens is 1. The number of hydrogen-bond acceptors (Lipinski definition) is 3. The number of aromatic nitrogens is 1. The molecule has 26 heavy (non-hydrogen) atoms. The Morgan fingerprint density at radius 3 is 2.42 bits per heavy atom. The summed E-state index contributed by atoms with van der Waals surface area (Å²) in [5, 5.41) is 0. The molecule has 1 aromatic carbocycles. The van der Waals surface area contributed by atoms with Gasteiger partial charge in [-0.05, 0) is 42.7 Å². The highest BCUT2D eigenvalue weighted by Gasteiger charge is 2.27. The van der Waals surface area contributed by atoms with Crippen LogP contribution in [0.25, 0.3) is 0 Å². The number of aromatic amines is 1. The van der Waals surface area contributed by atoms with E-state index in [1.54, 1.807) is 12.0 Å². The van der Waals surface area contributed by atoms with E-state index in [0.717, 1.165) is 16.7 Å². The summed E-state index contributed by atoms with van der Waals surface area (Å²) in [6.45, 7) is 6.10. The Kier molecular flexibility index (Phi) is 5.30. The Morgan fingerprint density at radius 2 is 1.81 bits per heavy atom. The minimum atomic E-state index is -0.0305. The third kappa shape index (κ3) is 3.74. The lowest BCUT2D eigenvalue weighted by Crippen LogP contribution is -2.51. The van der Waals surface area contributed by atoms with Gasteiger partial charge in [-0.25, -0.2) is 0 Å². The molecule has 6 nitrogen and oxygen atoms in total. The average molecular weight is 355 g/mol. The highest BCUT2D eigenvalue weighted by Crippen LogP contribution is 2.26. The molecule has 0 spiro atoms. The number of benzene rings is 1. The first-order chi connectivity index (χ1) is 12.5. The normalized spacial score (nSPS) is 14.4. The van der Waals surface area contributed by atoms with E-state index in [-0.39, 0.29) is 11.8 Å². The molecule has 2 heterocycles. The number of nitrogens with zero attached hydrogens (tertiary/aromatic N) is 2. The van der Waals surface area contributed by atoms with E-state index < -0.39 is 0 Å². The number of piperazine rings is 1. The first-order valence-corrected chi connectivity index (χ1v) is 8.83. The van der Waals surface area contributed by atoms with Gasteiger partial charge in [-0.2, -0.15) is 0 Å². The van der Waals surface area contributed by atoms with Crippen molar-refractivity contribution < 1.29 is 14.3 Å². The molecule has 2 aromatic rings. The number of hydrogen-bond donors (Lipinski definition) is 1. The molecule has 0 bridgehead atoms. The van der Waals surface area contributed by atoms with E-state index in [9.17, 15) is 9.59 Å². The fraction of sp³-hybridized carbons (Fsp3) is 0.400. The van der Waals surface area contributed by atoms with Gasteiger partial charge in [0.2, 0.25) is 5.91 Å². The third-order valence-corrected chi connectivity index (χ3v) is 4.81. The van der Waals surface area contributed by atoms with Crippen molar-refractivity contribution in [2.45, 2.75) is 20.3 Å². The minimum Gasteiger partial charge on any atom is -0.496 e. The van der Waals surface area contributed by atoms with E-state index in [0.29, 0.717) is 43.9 Å². The van der Waals surface area contributed by atoms with Crippen LogP contribution < -0.4 is 4.74 Å². The summed E-state index contributed by atoms with van der Waals surface area (Å²) in [6.07, 6.45) is 4.04. The van der Waals surface area contributed by atoms with E-state index >= 15 is 0 Å². The lowest BCUT2D eigenvalue weighted by atomic mass is 10.0. The summed E-state index contributed by atoms with van der Waals surface area (Å²) in [4.78, 5) is 32.0. The van der Waals surface area contributed by atoms with Gasteiger partial charge in [-0.15, -0.1) is 0 Å². The summed E-state index contributed by atoms with van der Waals surface area (Å²) in [7, 11) is 1.59. The fourth-order valence-corrected chi connectivity index (χ4v) is 3.44. The third-order valence-electron chi connectivity index (χ3n) is 4.81. The first-order valence-electron chi connectivity index (χ1n) is 8.83. The number of amides is 2. The molecule has 0 unspecified atom stereocenters. The van der Waals surface area contributed by atoms with Gasteiger partial charge >= 0.3 is 0 Å². The Balaban J connectivity index is 1.65. The molecule has 2 amide bonds. The van der Waals surface area contributed by atoms with Crippen LogP contribution in [0.5, 0.6) is 5.75 Å². The summed E-state index contributed by atoms with van der Waals surface area (Å²) in [5.41, 5.74) is 3.58. The average Bonchev–Trinajstić information content (AvgIpc) is 3.13. The van der Waals surface area contributed by atoms with Crippen molar-refractivity contribution in [2.24, 2.45) is 0 Å². The van der Waals surface area contributed by atoms with Crippen molar-refractivity contribution in [3.8, 4) is 5.75 Å². The number of aryl methyl sites for hydroxylation is 2. The number of rotatable bonds is 4. The zero-order valence-electron chi connectivity index (χ0n) is 15.5. The van der Waals surface area contributed by atoms with Crippen molar-refractivity contribution >= 4 is 11.8 Å². The van der Waals surface area contributed by atoms with Gasteiger partial charge in [0, 0.05) is 38.6 Å². The van der Waals surface area contributed by atoms with Gasteiger partial charge < -0.3 is 19.5 Å². The molecule has 138 valence electrons. The lowest BCUT2D eigenvalue weighted by molar-refractivity contribution is -0.131. The zero-order valence-corrected chi connectivity index (χ0v) is 15.5. The summed E-state index contributed by atoms with van der Waals surface area (Å²) < 4.78 is 5.42. The molecule has 1 aliphatic rings. The van der Waals surface area contributed by atoms with E-state index in [1.807, 2.05) is 49.3 Å². The monoisotopic (exact) mass is 355 g/mol. The second kappa shape index (κ2) is 7.64. The van der Waals surface area contributed by atoms with Crippen LogP contribution in [0.2, 0.25) is 0 Å². The Hall–Kier alpha value is -2.76. The number of methoxy groups -OCH3 is 1. The number of nitrogens with one attached hydrogen (secondary N) is 1. The summed E-state index contributed by atoms with van der Waals surface area (Å²) >= 11 is 0. The van der Waals surface area contributed by atoms with Gasteiger partial charge in [0.1, 0.15) is 5.75 Å². The molecule has 0 aliphatic carbocycles. The maximum Gasteiger partial charge on any atom is 0.258 e. The molecule has 0 saturated carbocycles. The van der Waals surface area contributed by atoms with Crippen LogP contribution in [0.4, 0.5) is 0 Å². The quantitative estimate of drug-likeness (QED) is 0.914. The first kappa shape index (κ1) is 18.0. The number of carbonyl (C=O) groups excluding carboxylic acids is 2. The Bertz CT molecular complexity index is 791. The van der Waals surface area contributed by atoms with Crippen molar-refractivity contribution in [3.63, 3.8) is 0 Å². The second-order valence-electron chi connectivity index (χ2n) is 6.73.